The second-order valence-electron chi connectivity index (χ2n) is 4.87. The van der Waals surface area contributed by atoms with Crippen LogP contribution in [0, 0.1) is 0 Å². The molecule has 3 nitrogen and oxygen atoms in total. The predicted molar refractivity (Wildman–Crippen MR) is 74.3 cm³/mol. The van der Waals surface area contributed by atoms with Crippen LogP contribution in [0.3, 0.4) is 0 Å². The van der Waals surface area contributed by atoms with Gasteiger partial charge in [-0.05, 0) is 22.9 Å². The van der Waals surface area contributed by atoms with Crippen molar-refractivity contribution < 1.29 is 4.79 Å². The lowest BCUT2D eigenvalue weighted by Crippen LogP contribution is -2.38. The average Bonchev–Trinajstić information content (AvgIpc) is 2.44. The smallest absolute Gasteiger partial charge is 0.166 e. The standard InChI is InChI=1S/C16H12N2O/c19-15-7-3-6-14-13(15)10-18-9-12-5-2-1-4-11(12)8-16(18)17-14/h1-2,4-6,8-10H,3,7H2. The van der Waals surface area contributed by atoms with Gasteiger partial charge in [-0.15, -0.1) is 0 Å². The van der Waals surface area contributed by atoms with Gasteiger partial charge >= 0.3 is 0 Å². The molecule has 1 aromatic carbocycles. The quantitative estimate of drug-likeness (QED) is 0.688. The van der Waals surface area contributed by atoms with Crippen molar-refractivity contribution in [3.63, 3.8) is 0 Å². The Kier molecular flexibility index (Phi) is 2.09. The van der Waals surface area contributed by atoms with E-state index in [0.717, 1.165) is 34.0 Å². The summed E-state index contributed by atoms with van der Waals surface area (Å²) in [6, 6.07) is 8.17. The number of fused-ring (bicyclic) bond motifs is 3. The summed E-state index contributed by atoms with van der Waals surface area (Å²) in [6.45, 7) is 0. The molecule has 0 atom stereocenters. The van der Waals surface area contributed by atoms with Crippen molar-refractivity contribution in [1.29, 1.82) is 0 Å². The first-order valence-electron chi connectivity index (χ1n) is 6.42. The molecule has 0 saturated carbocycles. The molecule has 92 valence electrons. The van der Waals surface area contributed by atoms with E-state index in [-0.39, 0.29) is 5.78 Å². The largest absolute Gasteiger partial charge is 0.307 e. The van der Waals surface area contributed by atoms with Gasteiger partial charge in [0, 0.05) is 18.8 Å². The van der Waals surface area contributed by atoms with E-state index >= 15 is 0 Å². The maximum Gasteiger partial charge on any atom is 0.166 e. The molecular formula is C16H12N2O. The van der Waals surface area contributed by atoms with Crippen molar-refractivity contribution in [1.82, 2.24) is 4.90 Å². The van der Waals surface area contributed by atoms with Crippen LogP contribution in [0.25, 0.3) is 12.3 Å². The van der Waals surface area contributed by atoms with Crippen LogP contribution in [0.5, 0.6) is 0 Å². The van der Waals surface area contributed by atoms with Crippen molar-refractivity contribution in [2.24, 2.45) is 4.99 Å². The van der Waals surface area contributed by atoms with E-state index in [1.807, 2.05) is 35.5 Å². The molecular weight excluding hydrogens is 236 g/mol. The molecule has 4 rings (SSSR count). The summed E-state index contributed by atoms with van der Waals surface area (Å²) in [4.78, 5) is 18.5. The van der Waals surface area contributed by atoms with Crippen LogP contribution in [0.1, 0.15) is 12.8 Å². The molecule has 2 aliphatic heterocycles. The van der Waals surface area contributed by atoms with E-state index < -0.39 is 0 Å². The number of nitrogens with zero attached hydrogens (tertiary/aromatic N) is 2. The van der Waals surface area contributed by atoms with E-state index in [1.165, 1.54) is 0 Å². The molecule has 2 heterocycles. The van der Waals surface area contributed by atoms with Crippen molar-refractivity contribution in [3.8, 4) is 0 Å². The molecule has 3 heteroatoms. The van der Waals surface area contributed by atoms with Gasteiger partial charge in [-0.2, -0.15) is 0 Å². The highest BCUT2D eigenvalue weighted by Crippen LogP contribution is 2.27. The number of carbonyl (C=O) groups excluding carboxylic acids is 1. The predicted octanol–water partition coefficient (Wildman–Crippen LogP) is 1.06. The van der Waals surface area contributed by atoms with Crippen molar-refractivity contribution in [2.75, 3.05) is 0 Å². The zero-order chi connectivity index (χ0) is 12.8. The molecule has 0 amide bonds. The fourth-order valence-electron chi connectivity index (χ4n) is 2.62. The molecule has 0 fully saturated rings. The molecule has 0 radical (unpaired) electrons. The van der Waals surface area contributed by atoms with E-state index in [9.17, 15) is 4.79 Å². The first kappa shape index (κ1) is 10.5. The molecule has 3 aliphatic rings. The molecule has 1 aliphatic carbocycles. The first-order chi connectivity index (χ1) is 9.31. The highest BCUT2D eigenvalue weighted by Gasteiger charge is 2.24. The Morgan fingerprint density at radius 3 is 2.84 bits per heavy atom. The van der Waals surface area contributed by atoms with Gasteiger partial charge in [0.05, 0.1) is 11.3 Å². The monoisotopic (exact) mass is 248 g/mol. The number of aliphatic imine (C=N–C) groups is 1. The van der Waals surface area contributed by atoms with Gasteiger partial charge in [-0.25, -0.2) is 4.99 Å². The minimum absolute atomic E-state index is 0.188. The van der Waals surface area contributed by atoms with E-state index in [0.29, 0.717) is 6.42 Å². The number of amidine groups is 1. The van der Waals surface area contributed by atoms with E-state index in [1.54, 1.807) is 0 Å². The highest BCUT2D eigenvalue weighted by molar-refractivity contribution is 6.15. The topological polar surface area (TPSA) is 32.7 Å². The SMILES string of the molecule is O=C1CCC=C2N=C3C=c4ccccc4=CN3C=C12. The second kappa shape index (κ2) is 3.79. The second-order valence-corrected chi connectivity index (χ2v) is 4.87. The third-order valence-corrected chi connectivity index (χ3v) is 3.61. The number of hydrogen-bond donors (Lipinski definition) is 0. The zero-order valence-corrected chi connectivity index (χ0v) is 10.3. The molecule has 0 bridgehead atoms. The zero-order valence-electron chi connectivity index (χ0n) is 10.3. The van der Waals surface area contributed by atoms with Gasteiger partial charge in [-0.1, -0.05) is 30.3 Å². The Bertz CT molecular complexity index is 796. The number of ketones is 1. The minimum atomic E-state index is 0.188. The number of benzene rings is 1. The summed E-state index contributed by atoms with van der Waals surface area (Å²) >= 11 is 0. The summed E-state index contributed by atoms with van der Waals surface area (Å²) in [6.07, 6.45) is 9.42. The maximum atomic E-state index is 11.9. The van der Waals surface area contributed by atoms with Crippen LogP contribution < -0.4 is 10.4 Å². The number of hydrogen-bond acceptors (Lipinski definition) is 3. The van der Waals surface area contributed by atoms with Crippen molar-refractivity contribution in [2.45, 2.75) is 12.8 Å². The van der Waals surface area contributed by atoms with Crippen LogP contribution >= 0.6 is 0 Å². The highest BCUT2D eigenvalue weighted by atomic mass is 16.1. The average molecular weight is 248 g/mol. The fourth-order valence-corrected chi connectivity index (χ4v) is 2.62. The van der Waals surface area contributed by atoms with Gasteiger partial charge in [0.2, 0.25) is 0 Å². The molecule has 0 aromatic heterocycles. The molecule has 19 heavy (non-hydrogen) atoms. The van der Waals surface area contributed by atoms with Crippen LogP contribution in [-0.4, -0.2) is 16.5 Å². The summed E-state index contributed by atoms with van der Waals surface area (Å²) in [5.74, 6) is 1.07. The fraction of sp³-hybridized carbons (Fsp3) is 0.125. The van der Waals surface area contributed by atoms with Crippen LogP contribution in [-0.2, 0) is 4.79 Å². The van der Waals surface area contributed by atoms with Gasteiger partial charge in [0.1, 0.15) is 5.84 Å². The lowest BCUT2D eigenvalue weighted by Gasteiger charge is -2.26. The summed E-state index contributed by atoms with van der Waals surface area (Å²) in [5.41, 5.74) is 1.56. The molecule has 0 N–H and O–H groups in total. The van der Waals surface area contributed by atoms with Crippen molar-refractivity contribution in [3.05, 3.63) is 58.2 Å². The third kappa shape index (κ3) is 1.58. The summed E-state index contributed by atoms with van der Waals surface area (Å²) < 4.78 is 0. The van der Waals surface area contributed by atoms with Crippen molar-refractivity contribution >= 4 is 23.9 Å². The molecule has 0 saturated heterocycles. The Morgan fingerprint density at radius 1 is 1.11 bits per heavy atom. The van der Waals surface area contributed by atoms with E-state index in [4.69, 9.17) is 0 Å². The van der Waals surface area contributed by atoms with Gasteiger partial charge in [-0.3, -0.25) is 4.79 Å². The van der Waals surface area contributed by atoms with Crippen LogP contribution in [0.2, 0.25) is 0 Å². The number of rotatable bonds is 0. The third-order valence-electron chi connectivity index (χ3n) is 3.61. The molecule has 1 aromatic rings. The van der Waals surface area contributed by atoms with E-state index in [2.05, 4.69) is 23.2 Å². The number of allylic oxidation sites excluding steroid dienone is 2. The molecule has 0 unspecified atom stereocenters. The van der Waals surface area contributed by atoms with Gasteiger partial charge in [0.15, 0.2) is 5.78 Å². The minimum Gasteiger partial charge on any atom is -0.307 e. The maximum absolute atomic E-state index is 11.9. The van der Waals surface area contributed by atoms with Gasteiger partial charge in [0.25, 0.3) is 0 Å². The van der Waals surface area contributed by atoms with Crippen LogP contribution in [0.4, 0.5) is 0 Å². The summed E-state index contributed by atoms with van der Waals surface area (Å²) in [7, 11) is 0. The Hall–Kier alpha value is -2.42. The summed E-state index contributed by atoms with van der Waals surface area (Å²) in [5, 5.41) is 2.31. The Morgan fingerprint density at radius 2 is 1.95 bits per heavy atom. The Labute approximate surface area is 110 Å². The number of carbonyl (C=O) groups is 1. The first-order valence-corrected chi connectivity index (χ1v) is 6.42. The molecule has 0 spiro atoms. The number of Topliss-reactive ketones (excluding diaryl/α,β-unsaturated/α-hetero) is 1. The van der Waals surface area contributed by atoms with Gasteiger partial charge < -0.3 is 4.90 Å². The normalized spacial score (nSPS) is 19.9. The van der Waals surface area contributed by atoms with Crippen LogP contribution in [0.15, 0.2) is 52.8 Å². The Balaban J connectivity index is 1.94. The lowest BCUT2D eigenvalue weighted by molar-refractivity contribution is -0.115. The lowest BCUT2D eigenvalue weighted by atomic mass is 9.96.